The molecule has 0 aromatic heterocycles. The van der Waals surface area contributed by atoms with Crippen LogP contribution in [0.4, 0.5) is 0 Å². The summed E-state index contributed by atoms with van der Waals surface area (Å²) in [5.41, 5.74) is 0.633. The van der Waals surface area contributed by atoms with Crippen LogP contribution in [-0.4, -0.2) is 42.2 Å². The molecule has 0 unspecified atom stereocenters. The average molecular weight is 235 g/mol. The molecular weight excluding hydrogens is 218 g/mol. The Morgan fingerprint density at radius 2 is 2.12 bits per heavy atom. The van der Waals surface area contributed by atoms with Crippen molar-refractivity contribution in [2.45, 2.75) is 12.8 Å². The van der Waals surface area contributed by atoms with Gasteiger partial charge in [-0.3, -0.25) is 4.79 Å². The Morgan fingerprint density at radius 3 is 2.94 bits per heavy atom. The molecule has 4 heteroatoms. The summed E-state index contributed by atoms with van der Waals surface area (Å²) in [6, 6.07) is 7.33. The van der Waals surface area contributed by atoms with Crippen LogP contribution in [0.25, 0.3) is 0 Å². The Morgan fingerprint density at radius 1 is 1.29 bits per heavy atom. The number of benzene rings is 1. The van der Waals surface area contributed by atoms with Crippen LogP contribution < -0.4 is 4.74 Å². The maximum Gasteiger partial charge on any atom is 0.257 e. The quantitative estimate of drug-likeness (QED) is 0.800. The summed E-state index contributed by atoms with van der Waals surface area (Å²) in [7, 11) is 0. The number of fused-ring (bicyclic) bond motifs is 1. The van der Waals surface area contributed by atoms with E-state index in [1.807, 2.05) is 18.2 Å². The molecule has 0 aliphatic carbocycles. The lowest BCUT2D eigenvalue weighted by atomic mass is 10.1. The van der Waals surface area contributed by atoms with Gasteiger partial charge in [0.2, 0.25) is 0 Å². The van der Waals surface area contributed by atoms with E-state index in [1.165, 1.54) is 0 Å². The van der Waals surface area contributed by atoms with Crippen LogP contribution in [0.1, 0.15) is 23.2 Å². The molecular formula is C13H17NO3. The molecule has 1 aromatic rings. The van der Waals surface area contributed by atoms with Crippen molar-refractivity contribution in [1.82, 2.24) is 4.90 Å². The first-order valence-electron chi connectivity index (χ1n) is 5.95. The monoisotopic (exact) mass is 235 g/mol. The molecule has 2 rings (SSSR count). The lowest BCUT2D eigenvalue weighted by Crippen LogP contribution is -2.33. The molecule has 0 spiro atoms. The van der Waals surface area contributed by atoms with Crippen LogP contribution in [0, 0.1) is 0 Å². The third kappa shape index (κ3) is 2.77. The molecule has 0 fully saturated rings. The molecule has 1 aliphatic heterocycles. The predicted molar refractivity (Wildman–Crippen MR) is 64.2 cm³/mol. The lowest BCUT2D eigenvalue weighted by molar-refractivity contribution is 0.0750. The summed E-state index contributed by atoms with van der Waals surface area (Å²) < 4.78 is 5.54. The van der Waals surface area contributed by atoms with Gasteiger partial charge in [-0.1, -0.05) is 12.1 Å². The van der Waals surface area contributed by atoms with E-state index in [0.717, 1.165) is 12.8 Å². The van der Waals surface area contributed by atoms with Crippen LogP contribution in [0.3, 0.4) is 0 Å². The molecule has 4 nitrogen and oxygen atoms in total. The van der Waals surface area contributed by atoms with Gasteiger partial charge in [0.15, 0.2) is 0 Å². The van der Waals surface area contributed by atoms with Gasteiger partial charge in [0.25, 0.3) is 5.91 Å². The minimum absolute atomic E-state index is 0.0241. The fourth-order valence-electron chi connectivity index (χ4n) is 1.93. The average Bonchev–Trinajstić information content (AvgIpc) is 2.51. The predicted octanol–water partition coefficient (Wildman–Crippen LogP) is 1.29. The molecule has 1 aromatic carbocycles. The zero-order valence-corrected chi connectivity index (χ0v) is 9.76. The van der Waals surface area contributed by atoms with Crippen molar-refractivity contribution >= 4 is 5.91 Å². The minimum atomic E-state index is 0.0241. The van der Waals surface area contributed by atoms with Crippen molar-refractivity contribution in [3.8, 4) is 5.75 Å². The van der Waals surface area contributed by atoms with Crippen LogP contribution in [0.2, 0.25) is 0 Å². The number of amides is 1. The maximum absolute atomic E-state index is 12.2. The number of nitrogens with zero attached hydrogens (tertiary/aromatic N) is 1. The van der Waals surface area contributed by atoms with E-state index in [4.69, 9.17) is 9.84 Å². The van der Waals surface area contributed by atoms with Gasteiger partial charge in [-0.25, -0.2) is 0 Å². The fraction of sp³-hybridized carbons (Fsp3) is 0.462. The topological polar surface area (TPSA) is 49.8 Å². The molecule has 1 aliphatic rings. The maximum atomic E-state index is 12.2. The summed E-state index contributed by atoms with van der Waals surface area (Å²) in [5.74, 6) is 0.693. The molecule has 0 bridgehead atoms. The Labute approximate surface area is 101 Å². The first-order chi connectivity index (χ1) is 8.33. The summed E-state index contributed by atoms with van der Waals surface area (Å²) in [6.45, 7) is 1.99. The smallest absolute Gasteiger partial charge is 0.257 e. The summed E-state index contributed by atoms with van der Waals surface area (Å²) in [6.07, 6.45) is 1.55. The van der Waals surface area contributed by atoms with Crippen molar-refractivity contribution in [2.24, 2.45) is 0 Å². The van der Waals surface area contributed by atoms with Gasteiger partial charge < -0.3 is 14.7 Å². The van der Waals surface area contributed by atoms with E-state index in [9.17, 15) is 4.79 Å². The molecule has 0 saturated carbocycles. The number of aliphatic hydroxyl groups is 1. The third-order valence-corrected chi connectivity index (χ3v) is 2.86. The van der Waals surface area contributed by atoms with Gasteiger partial charge >= 0.3 is 0 Å². The number of ether oxygens (including phenoxy) is 1. The van der Waals surface area contributed by atoms with E-state index in [0.29, 0.717) is 31.0 Å². The van der Waals surface area contributed by atoms with Crippen LogP contribution in [0.5, 0.6) is 5.75 Å². The number of rotatable bonds is 4. The van der Waals surface area contributed by atoms with Gasteiger partial charge in [0.05, 0.1) is 12.1 Å². The number of carbonyl (C=O) groups is 1. The molecule has 92 valence electrons. The van der Waals surface area contributed by atoms with Crippen molar-refractivity contribution in [1.29, 1.82) is 0 Å². The van der Waals surface area contributed by atoms with E-state index in [1.54, 1.807) is 11.0 Å². The van der Waals surface area contributed by atoms with E-state index in [2.05, 4.69) is 0 Å². The molecule has 0 saturated heterocycles. The highest BCUT2D eigenvalue weighted by atomic mass is 16.5. The minimum Gasteiger partial charge on any atom is -0.491 e. The molecule has 0 atom stereocenters. The van der Waals surface area contributed by atoms with Crippen molar-refractivity contribution in [3.05, 3.63) is 29.8 Å². The van der Waals surface area contributed by atoms with Gasteiger partial charge in [-0.15, -0.1) is 0 Å². The molecule has 0 radical (unpaired) electrons. The Bertz CT molecular complexity index is 392. The third-order valence-electron chi connectivity index (χ3n) is 2.86. The second-order valence-corrected chi connectivity index (χ2v) is 4.07. The number of aliphatic hydroxyl groups excluding tert-OH is 1. The SMILES string of the molecule is O=C1c2ccccc2OCCN1CCCCO. The number of hydrogen-bond acceptors (Lipinski definition) is 3. The normalized spacial score (nSPS) is 15.1. The summed E-state index contributed by atoms with van der Waals surface area (Å²) in [5, 5.41) is 8.75. The zero-order chi connectivity index (χ0) is 12.1. The summed E-state index contributed by atoms with van der Waals surface area (Å²) >= 11 is 0. The second kappa shape index (κ2) is 5.68. The lowest BCUT2D eigenvalue weighted by Gasteiger charge is -2.19. The number of unbranched alkanes of at least 4 members (excludes halogenated alkanes) is 1. The molecule has 1 amide bonds. The highest BCUT2D eigenvalue weighted by Crippen LogP contribution is 2.22. The zero-order valence-electron chi connectivity index (χ0n) is 9.76. The molecule has 1 heterocycles. The van der Waals surface area contributed by atoms with E-state index >= 15 is 0 Å². The number of para-hydroxylation sites is 1. The Hall–Kier alpha value is -1.55. The van der Waals surface area contributed by atoms with Crippen molar-refractivity contribution < 1.29 is 14.6 Å². The number of carbonyl (C=O) groups excluding carboxylic acids is 1. The first-order valence-corrected chi connectivity index (χ1v) is 5.95. The Balaban J connectivity index is 2.09. The molecule has 1 N–H and O–H groups in total. The van der Waals surface area contributed by atoms with Crippen molar-refractivity contribution in [3.63, 3.8) is 0 Å². The Kier molecular flexibility index (Phi) is 3.98. The van der Waals surface area contributed by atoms with E-state index in [-0.39, 0.29) is 12.5 Å². The van der Waals surface area contributed by atoms with Gasteiger partial charge in [-0.2, -0.15) is 0 Å². The van der Waals surface area contributed by atoms with Gasteiger partial charge in [0.1, 0.15) is 12.4 Å². The van der Waals surface area contributed by atoms with Gasteiger partial charge in [0, 0.05) is 13.2 Å². The summed E-state index contributed by atoms with van der Waals surface area (Å²) in [4.78, 5) is 14.0. The highest BCUT2D eigenvalue weighted by Gasteiger charge is 2.22. The largest absolute Gasteiger partial charge is 0.491 e. The standard InChI is InChI=1S/C13H17NO3/c15-9-4-3-7-14-8-10-17-12-6-2-1-5-11(12)13(14)16/h1-2,5-6,15H,3-4,7-10H2. The fourth-order valence-corrected chi connectivity index (χ4v) is 1.93. The number of hydrogen-bond donors (Lipinski definition) is 1. The van der Waals surface area contributed by atoms with Gasteiger partial charge in [-0.05, 0) is 25.0 Å². The highest BCUT2D eigenvalue weighted by molar-refractivity contribution is 5.97. The van der Waals surface area contributed by atoms with Crippen LogP contribution in [0.15, 0.2) is 24.3 Å². The van der Waals surface area contributed by atoms with E-state index < -0.39 is 0 Å². The van der Waals surface area contributed by atoms with Crippen LogP contribution in [-0.2, 0) is 0 Å². The van der Waals surface area contributed by atoms with Crippen LogP contribution >= 0.6 is 0 Å². The second-order valence-electron chi connectivity index (χ2n) is 4.07. The van der Waals surface area contributed by atoms with Crippen molar-refractivity contribution in [2.75, 3.05) is 26.3 Å². The molecule has 17 heavy (non-hydrogen) atoms. The first kappa shape index (κ1) is 11.9.